The van der Waals surface area contributed by atoms with Crippen LogP contribution < -0.4 is 4.74 Å². The van der Waals surface area contributed by atoms with Crippen LogP contribution in [0, 0.1) is 6.92 Å². The molecule has 1 rings (SSSR count). The maximum absolute atomic E-state index is 10.5. The number of aryl methyl sites for hydroxylation is 1. The number of rotatable bonds is 6. The highest BCUT2D eigenvalue weighted by molar-refractivity contribution is 5.85. The fourth-order valence-corrected chi connectivity index (χ4v) is 1.28. The predicted molar refractivity (Wildman–Crippen MR) is 66.0 cm³/mol. The highest BCUT2D eigenvalue weighted by atomic mass is 16.5. The van der Waals surface area contributed by atoms with Gasteiger partial charge in [-0.3, -0.25) is 0 Å². The Morgan fingerprint density at radius 1 is 1.53 bits per heavy atom. The molecule has 0 aliphatic heterocycles. The summed E-state index contributed by atoms with van der Waals surface area (Å²) in [6.45, 7) is 4.56. The Hall–Kier alpha value is -1.84. The first kappa shape index (κ1) is 13.2. The van der Waals surface area contributed by atoms with Crippen molar-refractivity contribution in [3.63, 3.8) is 0 Å². The number of unbranched alkanes of at least 4 members (excludes halogenated alkanes) is 1. The smallest absolute Gasteiger partial charge is 0.328 e. The summed E-state index contributed by atoms with van der Waals surface area (Å²) in [7, 11) is 0. The van der Waals surface area contributed by atoms with Gasteiger partial charge in [-0.2, -0.15) is 0 Å². The van der Waals surface area contributed by atoms with Gasteiger partial charge in [0.25, 0.3) is 0 Å². The molecule has 0 amide bonds. The van der Waals surface area contributed by atoms with E-state index in [1.807, 2.05) is 19.1 Å². The van der Waals surface area contributed by atoms with E-state index in [0.29, 0.717) is 18.1 Å². The molecule has 0 aliphatic rings. The largest absolute Gasteiger partial charge is 0.491 e. The van der Waals surface area contributed by atoms with Gasteiger partial charge in [0.05, 0.1) is 6.61 Å². The van der Waals surface area contributed by atoms with Crippen molar-refractivity contribution in [2.45, 2.75) is 26.7 Å². The predicted octanol–water partition coefficient (Wildman–Crippen LogP) is 2.67. The van der Waals surface area contributed by atoms with Crippen molar-refractivity contribution in [2.24, 2.45) is 0 Å². The quantitative estimate of drug-likeness (QED) is 0.608. The van der Waals surface area contributed by atoms with Gasteiger partial charge in [-0.25, -0.2) is 9.78 Å². The molecule has 0 bridgehead atoms. The van der Waals surface area contributed by atoms with Gasteiger partial charge in [0, 0.05) is 11.8 Å². The number of carbonyl (C=O) groups is 1. The van der Waals surface area contributed by atoms with Crippen LogP contribution in [-0.2, 0) is 4.79 Å². The van der Waals surface area contributed by atoms with E-state index < -0.39 is 5.97 Å². The number of aliphatic carboxylic acids is 1. The molecule has 0 fully saturated rings. The van der Waals surface area contributed by atoms with E-state index >= 15 is 0 Å². The number of nitrogens with zero attached hydrogens (tertiary/aromatic N) is 1. The van der Waals surface area contributed by atoms with E-state index in [4.69, 9.17) is 9.84 Å². The number of hydrogen-bond donors (Lipinski definition) is 1. The van der Waals surface area contributed by atoms with Crippen molar-refractivity contribution >= 4 is 12.0 Å². The van der Waals surface area contributed by atoms with Gasteiger partial charge < -0.3 is 9.84 Å². The molecule has 1 heterocycles. The summed E-state index contributed by atoms with van der Waals surface area (Å²) < 4.78 is 5.56. The Morgan fingerprint density at radius 3 is 2.94 bits per heavy atom. The number of carboxylic acids is 1. The molecular weight excluding hydrogens is 218 g/mol. The fourth-order valence-electron chi connectivity index (χ4n) is 1.28. The molecule has 17 heavy (non-hydrogen) atoms. The first-order valence-corrected chi connectivity index (χ1v) is 5.65. The van der Waals surface area contributed by atoms with Gasteiger partial charge in [0.1, 0.15) is 11.4 Å². The van der Waals surface area contributed by atoms with Crippen LogP contribution in [-0.4, -0.2) is 22.7 Å². The fraction of sp³-hybridized carbons (Fsp3) is 0.385. The zero-order valence-electron chi connectivity index (χ0n) is 10.1. The SMILES string of the molecule is CCCCOc1ccc(C)nc1C=CC(=O)O. The zero-order valence-corrected chi connectivity index (χ0v) is 10.1. The maximum atomic E-state index is 10.5. The highest BCUT2D eigenvalue weighted by Gasteiger charge is 2.03. The minimum absolute atomic E-state index is 0.559. The lowest BCUT2D eigenvalue weighted by Crippen LogP contribution is -2.00. The topological polar surface area (TPSA) is 59.4 Å². The maximum Gasteiger partial charge on any atom is 0.328 e. The van der Waals surface area contributed by atoms with Crippen LogP contribution in [0.2, 0.25) is 0 Å². The molecule has 0 aliphatic carbocycles. The van der Waals surface area contributed by atoms with Crippen molar-refractivity contribution in [3.05, 3.63) is 29.6 Å². The van der Waals surface area contributed by atoms with E-state index in [9.17, 15) is 4.79 Å². The van der Waals surface area contributed by atoms with Crippen LogP contribution in [0.1, 0.15) is 31.2 Å². The van der Waals surface area contributed by atoms with Crippen LogP contribution in [0.3, 0.4) is 0 Å². The summed E-state index contributed by atoms with van der Waals surface area (Å²) in [5.74, 6) is -0.366. The second kappa shape index (κ2) is 6.68. The summed E-state index contributed by atoms with van der Waals surface area (Å²) in [5, 5.41) is 8.59. The molecule has 0 unspecified atom stereocenters. The zero-order chi connectivity index (χ0) is 12.7. The van der Waals surface area contributed by atoms with Crippen molar-refractivity contribution < 1.29 is 14.6 Å². The van der Waals surface area contributed by atoms with Gasteiger partial charge >= 0.3 is 5.97 Å². The van der Waals surface area contributed by atoms with E-state index in [2.05, 4.69) is 11.9 Å². The van der Waals surface area contributed by atoms with Crippen LogP contribution in [0.5, 0.6) is 5.75 Å². The van der Waals surface area contributed by atoms with E-state index in [1.54, 1.807) is 0 Å². The molecule has 0 saturated heterocycles. The average Bonchev–Trinajstić information content (AvgIpc) is 2.29. The third-order valence-corrected chi connectivity index (χ3v) is 2.16. The van der Waals surface area contributed by atoms with Crippen molar-refractivity contribution in [1.82, 2.24) is 4.98 Å². The Balaban J connectivity index is 2.83. The van der Waals surface area contributed by atoms with Gasteiger partial charge in [-0.15, -0.1) is 0 Å². The minimum Gasteiger partial charge on any atom is -0.491 e. The molecule has 1 N–H and O–H groups in total. The summed E-state index contributed by atoms with van der Waals surface area (Å²) in [6, 6.07) is 3.67. The first-order valence-electron chi connectivity index (χ1n) is 5.65. The van der Waals surface area contributed by atoms with E-state index in [1.165, 1.54) is 6.08 Å². The number of ether oxygens (including phenoxy) is 1. The lowest BCUT2D eigenvalue weighted by Gasteiger charge is -2.08. The first-order chi connectivity index (χ1) is 8.13. The molecule has 1 aromatic heterocycles. The van der Waals surface area contributed by atoms with Crippen molar-refractivity contribution in [3.8, 4) is 5.75 Å². The second-order valence-electron chi connectivity index (χ2n) is 3.71. The van der Waals surface area contributed by atoms with Crippen LogP contribution in [0.15, 0.2) is 18.2 Å². The third kappa shape index (κ3) is 4.68. The minimum atomic E-state index is -0.993. The standard InChI is InChI=1S/C13H17NO3/c1-3-4-9-17-12-7-5-10(2)14-11(12)6-8-13(15)16/h5-8H,3-4,9H2,1-2H3,(H,15,16). The molecule has 92 valence electrons. The molecule has 0 radical (unpaired) electrons. The molecule has 1 aromatic rings. The summed E-state index contributed by atoms with van der Waals surface area (Å²) in [5.41, 5.74) is 1.39. The van der Waals surface area contributed by atoms with Gasteiger partial charge in [-0.05, 0) is 31.6 Å². The van der Waals surface area contributed by atoms with Crippen molar-refractivity contribution in [1.29, 1.82) is 0 Å². The third-order valence-electron chi connectivity index (χ3n) is 2.16. The second-order valence-corrected chi connectivity index (χ2v) is 3.71. The van der Waals surface area contributed by atoms with Gasteiger partial charge in [-0.1, -0.05) is 13.3 Å². The molecule has 0 aromatic carbocycles. The van der Waals surface area contributed by atoms with E-state index in [-0.39, 0.29) is 0 Å². The summed E-state index contributed by atoms with van der Waals surface area (Å²) >= 11 is 0. The number of carboxylic acid groups (broad SMARTS) is 1. The van der Waals surface area contributed by atoms with Gasteiger partial charge in [0.15, 0.2) is 0 Å². The average molecular weight is 235 g/mol. The van der Waals surface area contributed by atoms with Crippen LogP contribution >= 0.6 is 0 Å². The molecule has 0 atom stereocenters. The molecule has 0 saturated carbocycles. The molecular formula is C13H17NO3. The number of hydrogen-bond acceptors (Lipinski definition) is 3. The summed E-state index contributed by atoms with van der Waals surface area (Å²) in [6.07, 6.45) is 4.54. The summed E-state index contributed by atoms with van der Waals surface area (Å²) in [4.78, 5) is 14.7. The normalized spacial score (nSPS) is 10.7. The van der Waals surface area contributed by atoms with Gasteiger partial charge in [0.2, 0.25) is 0 Å². The Kier molecular flexibility index (Phi) is 5.20. The highest BCUT2D eigenvalue weighted by Crippen LogP contribution is 2.18. The van der Waals surface area contributed by atoms with Crippen molar-refractivity contribution in [2.75, 3.05) is 6.61 Å². The lowest BCUT2D eigenvalue weighted by molar-refractivity contribution is -0.131. The number of aromatic nitrogens is 1. The Labute approximate surface area is 101 Å². The molecule has 0 spiro atoms. The monoisotopic (exact) mass is 235 g/mol. The van der Waals surface area contributed by atoms with Crippen LogP contribution in [0.4, 0.5) is 0 Å². The number of pyridine rings is 1. The molecule has 4 heteroatoms. The Bertz CT molecular complexity index is 413. The van der Waals surface area contributed by atoms with Crippen LogP contribution in [0.25, 0.3) is 6.08 Å². The molecule has 4 nitrogen and oxygen atoms in total. The lowest BCUT2D eigenvalue weighted by atomic mass is 10.2. The Morgan fingerprint density at radius 2 is 2.29 bits per heavy atom. The van der Waals surface area contributed by atoms with E-state index in [0.717, 1.165) is 24.6 Å².